The lowest BCUT2D eigenvalue weighted by molar-refractivity contribution is 0.315. The molecule has 1 aliphatic rings. The van der Waals surface area contributed by atoms with Crippen molar-refractivity contribution in [2.45, 2.75) is 19.0 Å². The summed E-state index contributed by atoms with van der Waals surface area (Å²) < 4.78 is 39.2. The fourth-order valence-corrected chi connectivity index (χ4v) is 2.14. The molecule has 1 saturated heterocycles. The summed E-state index contributed by atoms with van der Waals surface area (Å²) in [5.74, 6) is -2.82. The molecular weight excluding hydrogens is 229 g/mol. The zero-order valence-corrected chi connectivity index (χ0v) is 9.64. The van der Waals surface area contributed by atoms with Gasteiger partial charge in [0.1, 0.15) is 5.82 Å². The predicted molar refractivity (Wildman–Crippen MR) is 59.1 cm³/mol. The molecule has 5 heteroatoms. The Hall–Kier alpha value is -1.07. The van der Waals surface area contributed by atoms with E-state index in [4.69, 9.17) is 0 Å². The lowest BCUT2D eigenvalue weighted by Crippen LogP contribution is -2.29. The maximum Gasteiger partial charge on any atom is 0.161 e. The number of nitrogens with zero attached hydrogens (tertiary/aromatic N) is 1. The first-order chi connectivity index (χ1) is 8.10. The van der Waals surface area contributed by atoms with E-state index in [1.807, 2.05) is 11.9 Å². The van der Waals surface area contributed by atoms with Crippen LogP contribution in [0.1, 0.15) is 12.0 Å². The van der Waals surface area contributed by atoms with Crippen molar-refractivity contribution < 1.29 is 13.2 Å². The first-order valence-corrected chi connectivity index (χ1v) is 5.63. The van der Waals surface area contributed by atoms with Crippen LogP contribution in [0.25, 0.3) is 0 Å². The third-order valence-electron chi connectivity index (χ3n) is 3.16. The molecule has 0 aliphatic carbocycles. The topological polar surface area (TPSA) is 15.3 Å². The van der Waals surface area contributed by atoms with E-state index in [-0.39, 0.29) is 5.56 Å². The van der Waals surface area contributed by atoms with Gasteiger partial charge >= 0.3 is 0 Å². The number of hydrogen-bond donors (Lipinski definition) is 1. The molecule has 1 aromatic carbocycles. The largest absolute Gasteiger partial charge is 0.316 e. The molecular formula is C12H15F3N2. The quantitative estimate of drug-likeness (QED) is 0.817. The van der Waals surface area contributed by atoms with Crippen molar-refractivity contribution in [3.05, 3.63) is 35.1 Å². The summed E-state index contributed by atoms with van der Waals surface area (Å²) in [6.45, 7) is 1.96. The van der Waals surface area contributed by atoms with Crippen LogP contribution in [-0.4, -0.2) is 31.1 Å². The average molecular weight is 244 g/mol. The minimum Gasteiger partial charge on any atom is -0.316 e. The van der Waals surface area contributed by atoms with E-state index in [0.717, 1.165) is 25.6 Å². The number of nitrogens with one attached hydrogen (secondary N) is 1. The molecule has 1 heterocycles. The molecule has 1 aliphatic heterocycles. The highest BCUT2D eigenvalue weighted by Gasteiger charge is 2.22. The molecule has 0 saturated carbocycles. The Labute approximate surface area is 98.4 Å². The Morgan fingerprint density at radius 3 is 2.59 bits per heavy atom. The van der Waals surface area contributed by atoms with Crippen molar-refractivity contribution in [1.29, 1.82) is 0 Å². The summed E-state index contributed by atoms with van der Waals surface area (Å²) in [5, 5.41) is 3.15. The third-order valence-corrected chi connectivity index (χ3v) is 3.16. The average Bonchev–Trinajstić information content (AvgIpc) is 2.73. The minimum atomic E-state index is -1.14. The number of halogens is 3. The monoisotopic (exact) mass is 244 g/mol. The summed E-state index contributed by atoms with van der Waals surface area (Å²) in [4.78, 5) is 2.02. The van der Waals surface area contributed by atoms with Gasteiger partial charge in [0.2, 0.25) is 0 Å². The summed E-state index contributed by atoms with van der Waals surface area (Å²) >= 11 is 0. The normalized spacial score (nSPS) is 21.1. The van der Waals surface area contributed by atoms with Crippen LogP contribution in [0, 0.1) is 17.5 Å². The van der Waals surface area contributed by atoms with Gasteiger partial charge in [0.15, 0.2) is 11.6 Å². The van der Waals surface area contributed by atoms with Gasteiger partial charge < -0.3 is 5.32 Å². The number of benzene rings is 1. The molecule has 0 amide bonds. The Bertz CT molecular complexity index is 409. The number of hydrogen-bond acceptors (Lipinski definition) is 2. The Balaban J connectivity index is 2.06. The van der Waals surface area contributed by atoms with Gasteiger partial charge in [-0.05, 0) is 19.5 Å². The number of likely N-dealkylation sites (N-methyl/N-ethyl adjacent to an activating group) is 1. The third kappa shape index (κ3) is 2.79. The second-order valence-corrected chi connectivity index (χ2v) is 4.37. The Morgan fingerprint density at radius 1 is 1.24 bits per heavy atom. The van der Waals surface area contributed by atoms with E-state index in [1.54, 1.807) is 0 Å². The molecule has 1 atom stereocenters. The van der Waals surface area contributed by atoms with Crippen LogP contribution < -0.4 is 5.32 Å². The lowest BCUT2D eigenvalue weighted by atomic mass is 10.2. The molecule has 0 radical (unpaired) electrons. The van der Waals surface area contributed by atoms with E-state index in [2.05, 4.69) is 5.32 Å². The molecule has 2 rings (SSSR count). The standard InChI is InChI=1S/C12H15F3N2/c1-16-9-2-3-17(7-9)6-8-4-11(14)12(15)5-10(8)13/h4-5,9,16H,2-3,6-7H2,1H3. The zero-order valence-electron chi connectivity index (χ0n) is 9.64. The van der Waals surface area contributed by atoms with E-state index in [0.29, 0.717) is 18.7 Å². The highest BCUT2D eigenvalue weighted by Crippen LogP contribution is 2.18. The first-order valence-electron chi connectivity index (χ1n) is 5.63. The van der Waals surface area contributed by atoms with Crippen LogP contribution in [0.5, 0.6) is 0 Å². The highest BCUT2D eigenvalue weighted by atomic mass is 19.2. The first kappa shape index (κ1) is 12.4. The fraction of sp³-hybridized carbons (Fsp3) is 0.500. The van der Waals surface area contributed by atoms with Gasteiger partial charge in [-0.3, -0.25) is 4.90 Å². The van der Waals surface area contributed by atoms with Gasteiger partial charge in [-0.1, -0.05) is 0 Å². The molecule has 0 bridgehead atoms. The summed E-state index contributed by atoms with van der Waals surface area (Å²) in [6, 6.07) is 1.94. The van der Waals surface area contributed by atoms with E-state index in [1.165, 1.54) is 0 Å². The number of rotatable bonds is 3. The van der Waals surface area contributed by atoms with E-state index >= 15 is 0 Å². The predicted octanol–water partition coefficient (Wildman–Crippen LogP) is 1.90. The molecule has 0 aromatic heterocycles. The van der Waals surface area contributed by atoms with Gasteiger partial charge in [-0.2, -0.15) is 0 Å². The van der Waals surface area contributed by atoms with Crippen molar-refractivity contribution in [2.24, 2.45) is 0 Å². The minimum absolute atomic E-state index is 0.209. The molecule has 17 heavy (non-hydrogen) atoms. The molecule has 1 unspecified atom stereocenters. The molecule has 94 valence electrons. The lowest BCUT2D eigenvalue weighted by Gasteiger charge is -2.16. The molecule has 1 aromatic rings. The van der Waals surface area contributed by atoms with E-state index in [9.17, 15) is 13.2 Å². The molecule has 2 nitrogen and oxygen atoms in total. The number of likely N-dealkylation sites (tertiary alicyclic amines) is 1. The Kier molecular flexibility index (Phi) is 3.69. The zero-order chi connectivity index (χ0) is 12.4. The smallest absolute Gasteiger partial charge is 0.161 e. The second-order valence-electron chi connectivity index (χ2n) is 4.37. The highest BCUT2D eigenvalue weighted by molar-refractivity contribution is 5.20. The van der Waals surface area contributed by atoms with Crippen molar-refractivity contribution >= 4 is 0 Å². The summed E-state index contributed by atoms with van der Waals surface area (Å²) in [7, 11) is 1.88. The van der Waals surface area contributed by atoms with Crippen LogP contribution in [0.2, 0.25) is 0 Å². The van der Waals surface area contributed by atoms with Crippen molar-refractivity contribution in [3.63, 3.8) is 0 Å². The van der Waals surface area contributed by atoms with Gasteiger partial charge in [0.25, 0.3) is 0 Å². The maximum absolute atomic E-state index is 13.4. The summed E-state index contributed by atoms with van der Waals surface area (Å²) in [5.41, 5.74) is 0.209. The fourth-order valence-electron chi connectivity index (χ4n) is 2.14. The van der Waals surface area contributed by atoms with E-state index < -0.39 is 17.5 Å². The SMILES string of the molecule is CNC1CCN(Cc2cc(F)c(F)cc2F)C1. The van der Waals surface area contributed by atoms with Crippen molar-refractivity contribution in [2.75, 3.05) is 20.1 Å². The van der Waals surface area contributed by atoms with Crippen LogP contribution in [0.4, 0.5) is 13.2 Å². The Morgan fingerprint density at radius 2 is 1.94 bits per heavy atom. The maximum atomic E-state index is 13.4. The van der Waals surface area contributed by atoms with Crippen molar-refractivity contribution in [3.8, 4) is 0 Å². The summed E-state index contributed by atoms with van der Waals surface area (Å²) in [6.07, 6.45) is 0.988. The van der Waals surface area contributed by atoms with Crippen molar-refractivity contribution in [1.82, 2.24) is 10.2 Å². The molecule has 1 fully saturated rings. The second kappa shape index (κ2) is 5.06. The van der Waals surface area contributed by atoms with Gasteiger partial charge in [-0.25, -0.2) is 13.2 Å². The van der Waals surface area contributed by atoms with Gasteiger partial charge in [0, 0.05) is 37.3 Å². The molecule has 1 N–H and O–H groups in total. The van der Waals surface area contributed by atoms with Gasteiger partial charge in [0.05, 0.1) is 0 Å². The van der Waals surface area contributed by atoms with Gasteiger partial charge in [-0.15, -0.1) is 0 Å². The van der Waals surface area contributed by atoms with Crippen LogP contribution in [-0.2, 0) is 6.54 Å². The van der Waals surface area contributed by atoms with Crippen LogP contribution >= 0.6 is 0 Å². The van der Waals surface area contributed by atoms with Crippen LogP contribution in [0.3, 0.4) is 0 Å². The molecule has 0 spiro atoms. The van der Waals surface area contributed by atoms with Crippen LogP contribution in [0.15, 0.2) is 12.1 Å².